The van der Waals surface area contributed by atoms with E-state index in [0.29, 0.717) is 52.8 Å². The number of aromatic nitrogens is 3. The van der Waals surface area contributed by atoms with Gasteiger partial charge < -0.3 is 4.90 Å². The molecule has 2 aromatic heterocycles. The predicted molar refractivity (Wildman–Crippen MR) is 161 cm³/mol. The van der Waals surface area contributed by atoms with Gasteiger partial charge in [-0.05, 0) is 14.1 Å². The number of benzene rings is 1. The minimum absolute atomic E-state index is 0.0274. The van der Waals surface area contributed by atoms with E-state index in [4.69, 9.17) is 16.6 Å². The van der Waals surface area contributed by atoms with Crippen LogP contribution in [0.1, 0.15) is 41.4 Å². The van der Waals surface area contributed by atoms with E-state index in [1.54, 1.807) is 38.5 Å². The number of likely N-dealkylation sites (N-methyl/N-ethyl adjacent to an activating group) is 1. The Morgan fingerprint density at radius 1 is 1.23 bits per heavy atom. The van der Waals surface area contributed by atoms with Crippen LogP contribution in [0.25, 0.3) is 11.0 Å². The van der Waals surface area contributed by atoms with E-state index >= 15 is 0 Å². The number of nitrogens with zero attached hydrogens (tertiary/aromatic N) is 5. The van der Waals surface area contributed by atoms with Crippen LogP contribution in [-0.4, -0.2) is 88.1 Å². The molecule has 1 aliphatic rings. The van der Waals surface area contributed by atoms with Crippen LogP contribution in [0, 0.1) is 6.92 Å². The molecule has 9 nitrogen and oxygen atoms in total. The van der Waals surface area contributed by atoms with Crippen molar-refractivity contribution in [1.29, 1.82) is 0 Å². The molecule has 1 atom stereocenters. The summed E-state index contributed by atoms with van der Waals surface area (Å²) in [5.74, 6) is 0.00310. The van der Waals surface area contributed by atoms with Gasteiger partial charge in [0.2, 0.25) is 0 Å². The molecule has 3 aromatic rings. The van der Waals surface area contributed by atoms with Gasteiger partial charge in [0.1, 0.15) is 0 Å². The van der Waals surface area contributed by atoms with Crippen molar-refractivity contribution in [3.8, 4) is 0 Å². The van der Waals surface area contributed by atoms with Crippen molar-refractivity contribution >= 4 is 53.3 Å². The standard InChI is InChI=1S/C28H38ClN6O3P/c1-19-16-20(17-24(30-19)39(4,5)38)27(37)32-28-31-23-12-8-11-22(29)26(23)35(28)21-10-6-7-15-34(18-21)25(36)13-9-14-33(2)3/h8-9,11-13,16-17,21,38-39H,6-7,10,14-15,18H2,1-5H3,(H,31,32,37)/b13-9+. The quantitative estimate of drug-likeness (QED) is 0.329. The Morgan fingerprint density at radius 3 is 2.72 bits per heavy atom. The number of halogens is 1. The third-order valence-corrected chi connectivity index (χ3v) is 8.60. The van der Waals surface area contributed by atoms with Crippen LogP contribution in [0.5, 0.6) is 0 Å². The first-order chi connectivity index (χ1) is 18.4. The normalized spacial score (nSPS) is 17.1. The summed E-state index contributed by atoms with van der Waals surface area (Å²) in [5.41, 5.74) is 3.00. The summed E-state index contributed by atoms with van der Waals surface area (Å²) >= 11 is 6.68. The summed E-state index contributed by atoms with van der Waals surface area (Å²) in [6, 6.07) is 8.73. The summed E-state index contributed by atoms with van der Waals surface area (Å²) in [5, 5.41) is 3.53. The second-order valence-corrected chi connectivity index (χ2v) is 14.9. The molecule has 1 fully saturated rings. The van der Waals surface area contributed by atoms with E-state index in [1.165, 1.54) is 0 Å². The van der Waals surface area contributed by atoms with E-state index in [9.17, 15) is 14.5 Å². The molecular weight excluding hydrogens is 535 g/mol. The summed E-state index contributed by atoms with van der Waals surface area (Å²) in [6.45, 7) is 7.18. The third kappa shape index (κ3) is 7.03. The number of hydrogen-bond acceptors (Lipinski definition) is 6. The Hall–Kier alpha value is -2.84. The number of rotatable bonds is 7. The number of imidazole rings is 1. The van der Waals surface area contributed by atoms with E-state index < -0.39 is 7.49 Å². The first kappa shape index (κ1) is 29.2. The average molecular weight is 573 g/mol. The Bertz CT molecular complexity index is 1400. The number of anilines is 1. The van der Waals surface area contributed by atoms with Gasteiger partial charge in [-0.3, -0.25) is 0 Å². The number of pyridine rings is 1. The van der Waals surface area contributed by atoms with Crippen LogP contribution < -0.4 is 10.8 Å². The number of carbonyl (C=O) groups is 2. The van der Waals surface area contributed by atoms with E-state index in [1.807, 2.05) is 52.7 Å². The summed E-state index contributed by atoms with van der Waals surface area (Å²) in [4.78, 5) is 50.2. The fourth-order valence-electron chi connectivity index (χ4n) is 4.84. The fourth-order valence-corrected chi connectivity index (χ4v) is 6.06. The van der Waals surface area contributed by atoms with Gasteiger partial charge >= 0.3 is 204 Å². The van der Waals surface area contributed by atoms with Crippen molar-refractivity contribution in [2.45, 2.75) is 32.2 Å². The molecule has 0 spiro atoms. The first-order valence-corrected chi connectivity index (χ1v) is 16.6. The van der Waals surface area contributed by atoms with Crippen molar-refractivity contribution in [3.05, 3.63) is 58.8 Å². The first-order valence-electron chi connectivity index (χ1n) is 13.2. The summed E-state index contributed by atoms with van der Waals surface area (Å²) < 4.78 is 1.98. The second kappa shape index (κ2) is 12.1. The van der Waals surface area contributed by atoms with E-state index in [2.05, 4.69) is 10.3 Å². The molecule has 0 radical (unpaired) electrons. The van der Waals surface area contributed by atoms with Crippen LogP contribution in [0.4, 0.5) is 5.95 Å². The van der Waals surface area contributed by atoms with E-state index in [-0.39, 0.29) is 17.9 Å². The Labute approximate surface area is 235 Å². The maximum atomic E-state index is 13.5. The summed E-state index contributed by atoms with van der Waals surface area (Å²) in [7, 11) is 1.20. The van der Waals surface area contributed by atoms with Gasteiger partial charge in [-0.2, -0.15) is 0 Å². The molecule has 1 aromatic carbocycles. The molecule has 11 heteroatoms. The molecule has 2 N–H and O–H groups in total. The fraction of sp³-hybridized carbons (Fsp3) is 0.429. The monoisotopic (exact) mass is 572 g/mol. The number of nitrogens with one attached hydrogen (secondary N) is 1. The molecule has 2 amide bonds. The van der Waals surface area contributed by atoms with Crippen molar-refractivity contribution < 1.29 is 14.5 Å². The molecular formula is C28H38ClN6O3P. The molecule has 1 saturated heterocycles. The number of aryl methyl sites for hydroxylation is 1. The Morgan fingerprint density at radius 2 is 2.00 bits per heavy atom. The number of fused-ring (bicyclic) bond motifs is 1. The van der Waals surface area contributed by atoms with Gasteiger partial charge in [0.15, 0.2) is 0 Å². The molecule has 210 valence electrons. The van der Waals surface area contributed by atoms with Gasteiger partial charge in [-0.25, -0.2) is 0 Å². The molecule has 0 aliphatic carbocycles. The Balaban J connectivity index is 1.70. The van der Waals surface area contributed by atoms with Gasteiger partial charge in [0.25, 0.3) is 0 Å². The summed E-state index contributed by atoms with van der Waals surface area (Å²) in [6.07, 6.45) is 6.15. The van der Waals surface area contributed by atoms with Gasteiger partial charge in [0.05, 0.1) is 0 Å². The van der Waals surface area contributed by atoms with Gasteiger partial charge in [0, 0.05) is 6.54 Å². The SMILES string of the molecule is Cc1cc(C(=O)Nc2nc3cccc(Cl)c3n2C2CCCCN(C(=O)/C=C/CN(C)C)C2)cc([PH](C)(C)O)n1. The molecule has 0 saturated carbocycles. The number of carbonyl (C=O) groups excluding carboxylic acids is 2. The van der Waals surface area contributed by atoms with Crippen molar-refractivity contribution in [2.24, 2.45) is 0 Å². The number of para-hydroxylation sites is 1. The average Bonchev–Trinajstić information content (AvgIpc) is 3.04. The number of hydrogen-bond donors (Lipinski definition) is 2. The van der Waals surface area contributed by atoms with Gasteiger partial charge in [-0.1, -0.05) is 6.08 Å². The van der Waals surface area contributed by atoms with Crippen LogP contribution >= 0.6 is 19.1 Å². The molecule has 0 bridgehead atoms. The van der Waals surface area contributed by atoms with Crippen LogP contribution in [0.2, 0.25) is 5.02 Å². The van der Waals surface area contributed by atoms with Crippen LogP contribution in [0.15, 0.2) is 42.5 Å². The number of likely N-dealkylation sites (tertiary alicyclic amines) is 1. The molecule has 3 heterocycles. The zero-order valence-electron chi connectivity index (χ0n) is 23.2. The van der Waals surface area contributed by atoms with Crippen molar-refractivity contribution in [1.82, 2.24) is 24.3 Å². The van der Waals surface area contributed by atoms with Crippen molar-refractivity contribution in [3.63, 3.8) is 0 Å². The van der Waals surface area contributed by atoms with Gasteiger partial charge in [-0.15, -0.1) is 0 Å². The number of amides is 2. The van der Waals surface area contributed by atoms with Crippen molar-refractivity contribution in [2.75, 3.05) is 52.4 Å². The topological polar surface area (TPSA) is 104 Å². The molecule has 39 heavy (non-hydrogen) atoms. The van der Waals surface area contributed by atoms with Crippen LogP contribution in [-0.2, 0) is 4.79 Å². The minimum atomic E-state index is -2.72. The Kier molecular flexibility index (Phi) is 9.07. The maximum absolute atomic E-state index is 13.5. The molecule has 1 aliphatic heterocycles. The zero-order valence-corrected chi connectivity index (χ0v) is 25.0. The van der Waals surface area contributed by atoms with Crippen LogP contribution in [0.3, 0.4) is 0 Å². The molecule has 4 rings (SSSR count). The van der Waals surface area contributed by atoms with E-state index in [0.717, 1.165) is 24.8 Å². The third-order valence-electron chi connectivity index (χ3n) is 6.78. The molecule has 1 unspecified atom stereocenters. The zero-order chi connectivity index (χ0) is 28.3. The predicted octanol–water partition coefficient (Wildman–Crippen LogP) is 3.86. The second-order valence-electron chi connectivity index (χ2n) is 10.9.